The summed E-state index contributed by atoms with van der Waals surface area (Å²) in [5.74, 6) is 0.499. The van der Waals surface area contributed by atoms with Crippen LogP contribution in [0.5, 0.6) is 5.75 Å². The minimum absolute atomic E-state index is 0.0837. The first kappa shape index (κ1) is 16.8. The van der Waals surface area contributed by atoms with Gasteiger partial charge in [0.1, 0.15) is 11.6 Å². The van der Waals surface area contributed by atoms with Crippen LogP contribution >= 0.6 is 0 Å². The van der Waals surface area contributed by atoms with Gasteiger partial charge in [-0.3, -0.25) is 0 Å². The SMILES string of the molecule is Cc1ccc(C)c(OCNC(=O)NCc2ccc(F)cc2)c1C. The van der Waals surface area contributed by atoms with Gasteiger partial charge in [-0.15, -0.1) is 0 Å². The smallest absolute Gasteiger partial charge is 0.317 e. The maximum Gasteiger partial charge on any atom is 0.317 e. The first-order valence-corrected chi connectivity index (χ1v) is 7.43. The lowest BCUT2D eigenvalue weighted by atomic mass is 10.1. The van der Waals surface area contributed by atoms with Gasteiger partial charge in [-0.2, -0.15) is 0 Å². The first-order chi connectivity index (χ1) is 11.0. The largest absolute Gasteiger partial charge is 0.473 e. The quantitative estimate of drug-likeness (QED) is 0.828. The molecule has 0 aromatic heterocycles. The number of amides is 2. The molecule has 2 N–H and O–H groups in total. The summed E-state index contributed by atoms with van der Waals surface area (Å²) >= 11 is 0. The minimum atomic E-state index is -0.336. The zero-order valence-electron chi connectivity index (χ0n) is 13.6. The Bertz CT molecular complexity index is 684. The van der Waals surface area contributed by atoms with Gasteiger partial charge in [-0.1, -0.05) is 24.3 Å². The molecule has 0 spiro atoms. The molecule has 0 heterocycles. The molecule has 0 radical (unpaired) electrons. The molecule has 0 saturated carbocycles. The summed E-state index contributed by atoms with van der Waals surface area (Å²) in [5, 5.41) is 5.33. The van der Waals surface area contributed by atoms with Gasteiger partial charge in [-0.05, 0) is 55.2 Å². The molecule has 0 aliphatic rings. The fourth-order valence-electron chi connectivity index (χ4n) is 2.17. The Balaban J connectivity index is 1.79. The Kier molecular flexibility index (Phi) is 5.57. The molecule has 2 rings (SSSR count). The van der Waals surface area contributed by atoms with Gasteiger partial charge in [0.15, 0.2) is 6.73 Å². The van der Waals surface area contributed by atoms with Gasteiger partial charge < -0.3 is 15.4 Å². The number of ether oxygens (including phenoxy) is 1. The molecule has 2 aromatic carbocycles. The molecule has 2 amide bonds. The Morgan fingerprint density at radius 1 is 1.00 bits per heavy atom. The summed E-state index contributed by atoms with van der Waals surface area (Å²) in [4.78, 5) is 11.7. The monoisotopic (exact) mass is 316 g/mol. The van der Waals surface area contributed by atoms with Crippen molar-refractivity contribution in [3.63, 3.8) is 0 Å². The Labute approximate surface area is 135 Å². The lowest BCUT2D eigenvalue weighted by Gasteiger charge is -2.14. The van der Waals surface area contributed by atoms with Crippen molar-refractivity contribution in [2.24, 2.45) is 0 Å². The number of aryl methyl sites for hydroxylation is 2. The van der Waals surface area contributed by atoms with E-state index < -0.39 is 0 Å². The summed E-state index contributed by atoms with van der Waals surface area (Å²) in [6, 6.07) is 9.68. The number of carbonyl (C=O) groups is 1. The van der Waals surface area contributed by atoms with E-state index in [1.165, 1.54) is 12.1 Å². The summed E-state index contributed by atoms with van der Waals surface area (Å²) in [6.07, 6.45) is 0. The highest BCUT2D eigenvalue weighted by molar-refractivity contribution is 5.73. The highest BCUT2D eigenvalue weighted by Gasteiger charge is 2.07. The summed E-state index contributed by atoms with van der Waals surface area (Å²) in [7, 11) is 0. The lowest BCUT2D eigenvalue weighted by Crippen LogP contribution is -2.37. The van der Waals surface area contributed by atoms with Gasteiger partial charge >= 0.3 is 6.03 Å². The number of urea groups is 1. The van der Waals surface area contributed by atoms with E-state index in [9.17, 15) is 9.18 Å². The number of carbonyl (C=O) groups excluding carboxylic acids is 1. The molecule has 0 unspecified atom stereocenters. The van der Waals surface area contributed by atoms with Crippen molar-refractivity contribution in [2.75, 3.05) is 6.73 Å². The summed E-state index contributed by atoms with van der Waals surface area (Å²) < 4.78 is 18.5. The van der Waals surface area contributed by atoms with E-state index in [2.05, 4.69) is 10.6 Å². The topological polar surface area (TPSA) is 50.4 Å². The maximum absolute atomic E-state index is 12.8. The van der Waals surface area contributed by atoms with E-state index >= 15 is 0 Å². The average molecular weight is 316 g/mol. The van der Waals surface area contributed by atoms with Crippen LogP contribution in [0.3, 0.4) is 0 Å². The summed E-state index contributed by atoms with van der Waals surface area (Å²) in [6.45, 7) is 6.39. The molecular formula is C18H21FN2O2. The van der Waals surface area contributed by atoms with Gasteiger partial charge in [0.05, 0.1) is 0 Å². The van der Waals surface area contributed by atoms with Crippen molar-refractivity contribution in [3.8, 4) is 5.75 Å². The molecule has 122 valence electrons. The van der Waals surface area contributed by atoms with Crippen LogP contribution < -0.4 is 15.4 Å². The zero-order chi connectivity index (χ0) is 16.8. The Morgan fingerprint density at radius 3 is 2.35 bits per heavy atom. The zero-order valence-corrected chi connectivity index (χ0v) is 13.6. The van der Waals surface area contributed by atoms with E-state index in [4.69, 9.17) is 4.74 Å². The molecule has 0 bridgehead atoms. The van der Waals surface area contributed by atoms with Gasteiger partial charge in [0.2, 0.25) is 0 Å². The molecule has 0 aliphatic carbocycles. The predicted octanol–water partition coefficient (Wildman–Crippen LogP) is 3.59. The average Bonchev–Trinajstić information content (AvgIpc) is 2.54. The van der Waals surface area contributed by atoms with Crippen molar-refractivity contribution in [3.05, 3.63) is 64.5 Å². The van der Waals surface area contributed by atoms with Crippen molar-refractivity contribution in [1.82, 2.24) is 10.6 Å². The highest BCUT2D eigenvalue weighted by atomic mass is 19.1. The van der Waals surface area contributed by atoms with E-state index in [1.54, 1.807) is 12.1 Å². The van der Waals surface area contributed by atoms with E-state index in [0.29, 0.717) is 6.54 Å². The lowest BCUT2D eigenvalue weighted by molar-refractivity contribution is 0.223. The van der Waals surface area contributed by atoms with Gasteiger partial charge in [0.25, 0.3) is 0 Å². The number of benzene rings is 2. The molecule has 2 aromatic rings. The van der Waals surface area contributed by atoms with Gasteiger partial charge in [-0.25, -0.2) is 9.18 Å². The molecule has 23 heavy (non-hydrogen) atoms. The van der Waals surface area contributed by atoms with Crippen LogP contribution in [0, 0.1) is 26.6 Å². The van der Waals surface area contributed by atoms with Crippen LogP contribution in [-0.4, -0.2) is 12.8 Å². The van der Waals surface area contributed by atoms with Crippen LogP contribution in [0.2, 0.25) is 0 Å². The van der Waals surface area contributed by atoms with Crippen LogP contribution in [0.15, 0.2) is 36.4 Å². The molecule has 4 nitrogen and oxygen atoms in total. The Morgan fingerprint density at radius 2 is 1.65 bits per heavy atom. The highest BCUT2D eigenvalue weighted by Crippen LogP contribution is 2.25. The second-order valence-electron chi connectivity index (χ2n) is 5.43. The molecule has 5 heteroatoms. The van der Waals surface area contributed by atoms with Crippen LogP contribution in [-0.2, 0) is 6.54 Å². The third-order valence-corrected chi connectivity index (χ3v) is 3.69. The molecule has 0 aliphatic heterocycles. The molecular weight excluding hydrogens is 295 g/mol. The van der Waals surface area contributed by atoms with Gasteiger partial charge in [0, 0.05) is 6.54 Å². The van der Waals surface area contributed by atoms with Crippen LogP contribution in [0.1, 0.15) is 22.3 Å². The van der Waals surface area contributed by atoms with Crippen LogP contribution in [0.4, 0.5) is 9.18 Å². The number of nitrogens with one attached hydrogen (secondary N) is 2. The van der Waals surface area contributed by atoms with E-state index in [0.717, 1.165) is 28.0 Å². The third-order valence-electron chi connectivity index (χ3n) is 3.69. The number of hydrogen-bond donors (Lipinski definition) is 2. The molecule has 0 saturated heterocycles. The summed E-state index contributed by atoms with van der Waals surface area (Å²) in [5.41, 5.74) is 4.07. The Hall–Kier alpha value is -2.56. The second-order valence-corrected chi connectivity index (χ2v) is 5.43. The predicted molar refractivity (Wildman–Crippen MR) is 87.9 cm³/mol. The molecule has 0 fully saturated rings. The van der Waals surface area contributed by atoms with Crippen molar-refractivity contribution in [2.45, 2.75) is 27.3 Å². The number of halogens is 1. The number of hydrogen-bond acceptors (Lipinski definition) is 2. The fraction of sp³-hybridized carbons (Fsp3) is 0.278. The number of rotatable bonds is 5. The fourth-order valence-corrected chi connectivity index (χ4v) is 2.17. The van der Waals surface area contributed by atoms with E-state index in [1.807, 2.05) is 32.9 Å². The standard InChI is InChI=1S/C18H21FN2O2/c1-12-4-5-13(2)17(14(12)3)23-11-21-18(22)20-10-15-6-8-16(19)9-7-15/h4-9H,10-11H2,1-3H3,(H2,20,21,22). The van der Waals surface area contributed by atoms with Crippen molar-refractivity contribution in [1.29, 1.82) is 0 Å². The van der Waals surface area contributed by atoms with Crippen molar-refractivity contribution >= 4 is 6.03 Å². The van der Waals surface area contributed by atoms with Crippen molar-refractivity contribution < 1.29 is 13.9 Å². The normalized spacial score (nSPS) is 10.3. The van der Waals surface area contributed by atoms with E-state index in [-0.39, 0.29) is 18.6 Å². The third kappa shape index (κ3) is 4.71. The van der Waals surface area contributed by atoms with Crippen LogP contribution in [0.25, 0.3) is 0 Å². The maximum atomic E-state index is 12.8. The first-order valence-electron chi connectivity index (χ1n) is 7.43. The second kappa shape index (κ2) is 7.63. The minimum Gasteiger partial charge on any atom is -0.473 e. The molecule has 0 atom stereocenters.